The molecule has 1 aromatic rings. The SMILES string of the molecule is CCOC(=O)[C@H]1C(=O)C[C@@](C)(O)[C@@H](C(=O)OCC)[C@@H]1c1ccc(Cl)cc1. The van der Waals surface area contributed by atoms with E-state index in [1.54, 1.807) is 38.1 Å². The Morgan fingerprint density at radius 3 is 2.23 bits per heavy atom. The summed E-state index contributed by atoms with van der Waals surface area (Å²) in [6, 6.07) is 6.49. The van der Waals surface area contributed by atoms with Crippen molar-refractivity contribution in [2.24, 2.45) is 11.8 Å². The first-order chi connectivity index (χ1) is 12.2. The van der Waals surface area contributed by atoms with E-state index in [0.717, 1.165) is 0 Å². The van der Waals surface area contributed by atoms with E-state index in [1.165, 1.54) is 6.92 Å². The van der Waals surface area contributed by atoms with E-state index in [1.807, 2.05) is 0 Å². The summed E-state index contributed by atoms with van der Waals surface area (Å²) in [7, 11) is 0. The first kappa shape index (κ1) is 20.4. The van der Waals surface area contributed by atoms with Gasteiger partial charge in [-0.15, -0.1) is 0 Å². The van der Waals surface area contributed by atoms with Gasteiger partial charge in [0.2, 0.25) is 0 Å². The van der Waals surface area contributed by atoms with E-state index in [0.29, 0.717) is 10.6 Å². The van der Waals surface area contributed by atoms with Crippen LogP contribution in [-0.4, -0.2) is 41.6 Å². The number of Topliss-reactive ketones (excluding diaryl/α,β-unsaturated/α-hetero) is 1. The van der Waals surface area contributed by atoms with E-state index < -0.39 is 41.1 Å². The summed E-state index contributed by atoms with van der Waals surface area (Å²) in [4.78, 5) is 37.8. The van der Waals surface area contributed by atoms with Crippen molar-refractivity contribution >= 4 is 29.3 Å². The Kier molecular flexibility index (Phi) is 6.42. The molecule has 0 radical (unpaired) electrons. The Bertz CT molecular complexity index is 682. The van der Waals surface area contributed by atoms with E-state index >= 15 is 0 Å². The number of benzene rings is 1. The predicted octanol–water partition coefficient (Wildman–Crippen LogP) is 2.51. The smallest absolute Gasteiger partial charge is 0.317 e. The molecule has 0 bridgehead atoms. The Morgan fingerprint density at radius 2 is 1.69 bits per heavy atom. The zero-order chi connectivity index (χ0) is 19.5. The number of carbonyl (C=O) groups is 3. The molecule has 0 aromatic heterocycles. The maximum atomic E-state index is 12.7. The average Bonchev–Trinajstić information content (AvgIpc) is 2.54. The number of ether oxygens (including phenoxy) is 2. The normalized spacial score (nSPS) is 28.5. The average molecular weight is 383 g/mol. The fourth-order valence-corrected chi connectivity index (χ4v) is 3.69. The quantitative estimate of drug-likeness (QED) is 0.621. The van der Waals surface area contributed by atoms with Gasteiger partial charge >= 0.3 is 11.9 Å². The highest BCUT2D eigenvalue weighted by Crippen LogP contribution is 2.46. The third-order valence-corrected chi connectivity index (χ3v) is 4.86. The molecule has 26 heavy (non-hydrogen) atoms. The van der Waals surface area contributed by atoms with Crippen LogP contribution in [-0.2, 0) is 23.9 Å². The van der Waals surface area contributed by atoms with Crippen LogP contribution in [0.3, 0.4) is 0 Å². The van der Waals surface area contributed by atoms with Crippen LogP contribution in [0.4, 0.5) is 0 Å². The molecule has 1 N–H and O–H groups in total. The predicted molar refractivity (Wildman–Crippen MR) is 94.7 cm³/mol. The Hall–Kier alpha value is -1.92. The highest BCUT2D eigenvalue weighted by Gasteiger charge is 2.57. The zero-order valence-corrected chi connectivity index (χ0v) is 15.8. The van der Waals surface area contributed by atoms with Gasteiger partial charge in [0.15, 0.2) is 5.78 Å². The van der Waals surface area contributed by atoms with Crippen molar-refractivity contribution in [3.63, 3.8) is 0 Å². The molecule has 1 aromatic carbocycles. The van der Waals surface area contributed by atoms with Crippen molar-refractivity contribution in [2.45, 2.75) is 38.7 Å². The molecule has 2 rings (SSSR count). The van der Waals surface area contributed by atoms with Crippen molar-refractivity contribution in [3.05, 3.63) is 34.9 Å². The molecule has 0 spiro atoms. The van der Waals surface area contributed by atoms with Gasteiger partial charge in [-0.05, 0) is 38.5 Å². The fraction of sp³-hybridized carbons (Fsp3) is 0.526. The Labute approximate surface area is 157 Å². The highest BCUT2D eigenvalue weighted by atomic mass is 35.5. The van der Waals surface area contributed by atoms with E-state index in [2.05, 4.69) is 0 Å². The molecular formula is C19H23ClO6. The number of ketones is 1. The molecule has 1 fully saturated rings. The molecule has 7 heteroatoms. The second-order valence-electron chi connectivity index (χ2n) is 6.54. The molecular weight excluding hydrogens is 360 g/mol. The van der Waals surface area contributed by atoms with Gasteiger partial charge in [-0.2, -0.15) is 0 Å². The maximum absolute atomic E-state index is 12.7. The van der Waals surface area contributed by atoms with Crippen molar-refractivity contribution < 1.29 is 29.0 Å². The summed E-state index contributed by atoms with van der Waals surface area (Å²) < 4.78 is 10.2. The van der Waals surface area contributed by atoms with Crippen LogP contribution in [0.5, 0.6) is 0 Å². The van der Waals surface area contributed by atoms with Gasteiger partial charge in [-0.3, -0.25) is 14.4 Å². The van der Waals surface area contributed by atoms with E-state index in [4.69, 9.17) is 21.1 Å². The fourth-order valence-electron chi connectivity index (χ4n) is 3.56. The number of hydrogen-bond acceptors (Lipinski definition) is 6. The molecule has 6 nitrogen and oxygen atoms in total. The summed E-state index contributed by atoms with van der Waals surface area (Å²) in [6.07, 6.45) is -0.329. The van der Waals surface area contributed by atoms with Gasteiger partial charge in [0, 0.05) is 17.4 Å². The molecule has 142 valence electrons. The molecule has 0 amide bonds. The Balaban J connectivity index is 2.59. The summed E-state index contributed by atoms with van der Waals surface area (Å²) in [6.45, 7) is 4.94. The maximum Gasteiger partial charge on any atom is 0.317 e. The van der Waals surface area contributed by atoms with Crippen LogP contribution in [0.15, 0.2) is 24.3 Å². The van der Waals surface area contributed by atoms with Gasteiger partial charge < -0.3 is 14.6 Å². The van der Waals surface area contributed by atoms with Crippen LogP contribution in [0.1, 0.15) is 38.7 Å². The molecule has 0 aliphatic heterocycles. The van der Waals surface area contributed by atoms with Crippen LogP contribution in [0.2, 0.25) is 5.02 Å². The van der Waals surface area contributed by atoms with Gasteiger partial charge in [0.1, 0.15) is 5.92 Å². The second kappa shape index (κ2) is 8.18. The highest BCUT2D eigenvalue weighted by molar-refractivity contribution is 6.30. The Morgan fingerprint density at radius 1 is 1.15 bits per heavy atom. The molecule has 0 heterocycles. The number of aliphatic hydroxyl groups is 1. The molecule has 4 atom stereocenters. The molecule has 1 saturated carbocycles. The number of carbonyl (C=O) groups excluding carboxylic acids is 3. The minimum atomic E-state index is -1.64. The summed E-state index contributed by atoms with van der Waals surface area (Å²) in [5, 5.41) is 11.3. The summed E-state index contributed by atoms with van der Waals surface area (Å²) >= 11 is 5.93. The van der Waals surface area contributed by atoms with Crippen molar-refractivity contribution in [1.82, 2.24) is 0 Å². The van der Waals surface area contributed by atoms with Crippen molar-refractivity contribution in [1.29, 1.82) is 0 Å². The van der Waals surface area contributed by atoms with Crippen LogP contribution in [0, 0.1) is 11.8 Å². The lowest BCUT2D eigenvalue weighted by Gasteiger charge is -2.43. The standard InChI is InChI=1S/C19H23ClO6/c1-4-25-17(22)15-13(21)10-19(3,24)16(18(23)26-5-2)14(15)11-6-8-12(20)9-7-11/h6-9,14-16,24H,4-5,10H2,1-3H3/t14-,15+,16-,19-/m1/s1. The van der Waals surface area contributed by atoms with Gasteiger partial charge in [-0.25, -0.2) is 0 Å². The topological polar surface area (TPSA) is 89.9 Å². The number of halogens is 1. The molecule has 1 aliphatic carbocycles. The first-order valence-electron chi connectivity index (χ1n) is 8.56. The van der Waals surface area contributed by atoms with E-state index in [-0.39, 0.29) is 19.6 Å². The lowest BCUT2D eigenvalue weighted by molar-refractivity contribution is -0.172. The minimum Gasteiger partial charge on any atom is -0.466 e. The third kappa shape index (κ3) is 4.07. The van der Waals surface area contributed by atoms with Gasteiger partial charge in [0.05, 0.1) is 24.7 Å². The molecule has 1 aliphatic rings. The molecule has 0 saturated heterocycles. The number of rotatable bonds is 5. The minimum absolute atomic E-state index is 0.108. The summed E-state index contributed by atoms with van der Waals surface area (Å²) in [5.41, 5.74) is -1.10. The zero-order valence-electron chi connectivity index (χ0n) is 15.0. The lowest BCUT2D eigenvalue weighted by Crippen LogP contribution is -2.55. The largest absolute Gasteiger partial charge is 0.466 e. The van der Waals surface area contributed by atoms with E-state index in [9.17, 15) is 19.5 Å². The summed E-state index contributed by atoms with van der Waals surface area (Å²) in [5.74, 6) is -5.00. The first-order valence-corrected chi connectivity index (χ1v) is 8.94. The van der Waals surface area contributed by atoms with Crippen LogP contribution in [0.25, 0.3) is 0 Å². The van der Waals surface area contributed by atoms with Crippen molar-refractivity contribution in [2.75, 3.05) is 13.2 Å². The second-order valence-corrected chi connectivity index (χ2v) is 6.97. The van der Waals surface area contributed by atoms with Crippen LogP contribution >= 0.6 is 11.6 Å². The van der Waals surface area contributed by atoms with Gasteiger partial charge in [-0.1, -0.05) is 23.7 Å². The third-order valence-electron chi connectivity index (χ3n) is 4.60. The monoisotopic (exact) mass is 382 g/mol. The number of esters is 2. The molecule has 0 unspecified atom stereocenters. The van der Waals surface area contributed by atoms with Crippen LogP contribution < -0.4 is 0 Å². The van der Waals surface area contributed by atoms with Crippen molar-refractivity contribution in [3.8, 4) is 0 Å². The van der Waals surface area contributed by atoms with Gasteiger partial charge in [0.25, 0.3) is 0 Å². The number of hydrogen-bond donors (Lipinski definition) is 1. The lowest BCUT2D eigenvalue weighted by atomic mass is 9.62.